The van der Waals surface area contributed by atoms with Crippen molar-refractivity contribution in [2.75, 3.05) is 0 Å². The Kier molecular flexibility index (Phi) is 4.12. The van der Waals surface area contributed by atoms with E-state index in [1.165, 1.54) is 6.92 Å². The molecule has 2 atom stereocenters. The van der Waals surface area contributed by atoms with Crippen LogP contribution in [0, 0.1) is 5.92 Å². The zero-order valence-corrected chi connectivity index (χ0v) is 7.16. The maximum Gasteiger partial charge on any atom is 0.135 e. The van der Waals surface area contributed by atoms with E-state index >= 15 is 0 Å². The Morgan fingerprint density at radius 3 is 2.36 bits per heavy atom. The molecule has 3 heteroatoms. The second kappa shape index (κ2) is 4.34. The van der Waals surface area contributed by atoms with Gasteiger partial charge in [0.05, 0.1) is 6.10 Å². The van der Waals surface area contributed by atoms with Gasteiger partial charge in [0.15, 0.2) is 0 Å². The molecule has 11 heavy (non-hydrogen) atoms. The molecule has 0 spiro atoms. The van der Waals surface area contributed by atoms with Crippen molar-refractivity contribution in [1.82, 2.24) is 0 Å². The maximum atomic E-state index is 10.8. The molecule has 0 amide bonds. The molecule has 0 saturated heterocycles. The average Bonchev–Trinajstić information content (AvgIpc) is 2.00. The number of carbonyl (C=O) groups excluding carboxylic acids is 1. The number of ketones is 1. The van der Waals surface area contributed by atoms with E-state index in [2.05, 4.69) is 0 Å². The van der Waals surface area contributed by atoms with Crippen molar-refractivity contribution in [3.63, 3.8) is 0 Å². The summed E-state index contributed by atoms with van der Waals surface area (Å²) in [5, 5.41) is 9.34. The molecule has 0 fully saturated rings. The minimum atomic E-state index is -0.836. The number of rotatable bonds is 3. The molecule has 0 heterocycles. The van der Waals surface area contributed by atoms with Gasteiger partial charge in [0, 0.05) is 5.92 Å². The molecule has 0 bridgehead atoms. The molecule has 2 radical (unpaired) electrons. The number of hydrogen-bond acceptors (Lipinski definition) is 2. The Labute approximate surface area is 68.7 Å². The van der Waals surface area contributed by atoms with Gasteiger partial charge in [-0.3, -0.25) is 4.79 Å². The van der Waals surface area contributed by atoms with Crippen LogP contribution in [-0.2, 0) is 4.79 Å². The van der Waals surface area contributed by atoms with E-state index in [1.807, 2.05) is 0 Å². The SMILES string of the molecule is [B]/C(=C/C)C(O)C(C)C(C)=O. The molecule has 60 valence electrons. The summed E-state index contributed by atoms with van der Waals surface area (Å²) in [6.45, 7) is 4.82. The number of aliphatic hydroxyl groups excluding tert-OH is 1. The Morgan fingerprint density at radius 1 is 1.64 bits per heavy atom. The predicted octanol–water partition coefficient (Wildman–Crippen LogP) is 0.645. The number of allylic oxidation sites excluding steroid dienone is 1. The van der Waals surface area contributed by atoms with Gasteiger partial charge in [-0.1, -0.05) is 18.5 Å². The average molecular weight is 152 g/mol. The number of aliphatic hydroxyl groups is 1. The van der Waals surface area contributed by atoms with Gasteiger partial charge in [-0.05, 0) is 13.8 Å². The van der Waals surface area contributed by atoms with Crippen molar-refractivity contribution < 1.29 is 9.90 Å². The van der Waals surface area contributed by atoms with Crippen LogP contribution in [0.2, 0.25) is 0 Å². The molecule has 0 aliphatic heterocycles. The van der Waals surface area contributed by atoms with E-state index in [0.717, 1.165) is 0 Å². The largest absolute Gasteiger partial charge is 0.389 e. The number of hydrogen-bond donors (Lipinski definition) is 1. The van der Waals surface area contributed by atoms with E-state index in [-0.39, 0.29) is 5.78 Å². The Bertz CT molecular complexity index is 175. The predicted molar refractivity (Wildman–Crippen MR) is 45.4 cm³/mol. The lowest BCUT2D eigenvalue weighted by Gasteiger charge is -2.16. The van der Waals surface area contributed by atoms with Gasteiger partial charge in [-0.25, -0.2) is 0 Å². The quantitative estimate of drug-likeness (QED) is 0.602. The van der Waals surface area contributed by atoms with Crippen molar-refractivity contribution in [1.29, 1.82) is 0 Å². The zero-order chi connectivity index (χ0) is 9.02. The summed E-state index contributed by atoms with van der Waals surface area (Å²) >= 11 is 0. The fraction of sp³-hybridized carbons (Fsp3) is 0.625. The standard InChI is InChI=1S/C8H13BO2/c1-4-7(9)8(11)5(2)6(3)10/h4-5,8,11H,1-3H3/b7-4+. The molecule has 0 rings (SSSR count). The lowest BCUT2D eigenvalue weighted by molar-refractivity contribution is -0.122. The Balaban J connectivity index is 4.24. The van der Waals surface area contributed by atoms with Crippen LogP contribution in [0.1, 0.15) is 20.8 Å². The highest BCUT2D eigenvalue weighted by molar-refractivity contribution is 6.22. The molecule has 0 aliphatic carbocycles. The molecule has 2 unspecified atom stereocenters. The first-order valence-electron chi connectivity index (χ1n) is 3.61. The van der Waals surface area contributed by atoms with Crippen LogP contribution in [0.4, 0.5) is 0 Å². The summed E-state index contributed by atoms with van der Waals surface area (Å²) in [6, 6.07) is 0. The third-order valence-electron chi connectivity index (χ3n) is 1.79. The fourth-order valence-electron chi connectivity index (χ4n) is 0.682. The zero-order valence-electron chi connectivity index (χ0n) is 7.16. The molecule has 0 aromatic rings. The van der Waals surface area contributed by atoms with Crippen molar-refractivity contribution in [3.8, 4) is 0 Å². The summed E-state index contributed by atoms with van der Waals surface area (Å²) in [4.78, 5) is 10.8. The summed E-state index contributed by atoms with van der Waals surface area (Å²) in [5.74, 6) is -0.464. The fourth-order valence-corrected chi connectivity index (χ4v) is 0.682. The van der Waals surface area contributed by atoms with Crippen molar-refractivity contribution in [3.05, 3.63) is 11.5 Å². The van der Waals surface area contributed by atoms with Crippen LogP contribution >= 0.6 is 0 Å². The molecule has 1 N–H and O–H groups in total. The number of carbonyl (C=O) groups is 1. The van der Waals surface area contributed by atoms with E-state index < -0.39 is 12.0 Å². The monoisotopic (exact) mass is 152 g/mol. The van der Waals surface area contributed by atoms with E-state index in [4.69, 9.17) is 7.85 Å². The van der Waals surface area contributed by atoms with Gasteiger partial charge >= 0.3 is 0 Å². The lowest BCUT2D eigenvalue weighted by atomic mass is 9.83. The normalized spacial score (nSPS) is 17.6. The summed E-state index contributed by atoms with van der Waals surface area (Å²) in [7, 11) is 5.41. The molecule has 0 aromatic heterocycles. The topological polar surface area (TPSA) is 37.3 Å². The summed E-state index contributed by atoms with van der Waals surface area (Å²) in [6.07, 6.45) is 0.766. The van der Waals surface area contributed by atoms with Crippen molar-refractivity contribution in [2.24, 2.45) is 5.92 Å². The Morgan fingerprint density at radius 2 is 2.09 bits per heavy atom. The second-order valence-electron chi connectivity index (χ2n) is 2.63. The molecular weight excluding hydrogens is 139 g/mol. The molecule has 0 saturated carbocycles. The minimum absolute atomic E-state index is 0.0534. The van der Waals surface area contributed by atoms with Gasteiger partial charge < -0.3 is 5.11 Å². The van der Waals surface area contributed by atoms with Crippen LogP contribution in [-0.4, -0.2) is 24.8 Å². The summed E-state index contributed by atoms with van der Waals surface area (Å²) < 4.78 is 0. The number of Topliss-reactive ketones (excluding diaryl/α,β-unsaturated/α-hetero) is 1. The highest BCUT2D eigenvalue weighted by Crippen LogP contribution is 2.10. The maximum absolute atomic E-state index is 10.8. The first-order valence-corrected chi connectivity index (χ1v) is 3.61. The highest BCUT2D eigenvalue weighted by Gasteiger charge is 2.18. The van der Waals surface area contributed by atoms with Crippen molar-refractivity contribution in [2.45, 2.75) is 26.9 Å². The van der Waals surface area contributed by atoms with Gasteiger partial charge in [0.2, 0.25) is 0 Å². The molecular formula is C8H13BO2. The lowest BCUT2D eigenvalue weighted by Crippen LogP contribution is -2.25. The highest BCUT2D eigenvalue weighted by atomic mass is 16.3. The second-order valence-corrected chi connectivity index (χ2v) is 2.63. The van der Waals surface area contributed by atoms with Crippen LogP contribution < -0.4 is 0 Å². The first-order chi connectivity index (χ1) is 5.00. The van der Waals surface area contributed by atoms with Crippen LogP contribution in [0.3, 0.4) is 0 Å². The third kappa shape index (κ3) is 2.89. The smallest absolute Gasteiger partial charge is 0.135 e. The minimum Gasteiger partial charge on any atom is -0.389 e. The van der Waals surface area contributed by atoms with Crippen LogP contribution in [0.15, 0.2) is 11.5 Å². The van der Waals surface area contributed by atoms with Crippen LogP contribution in [0.5, 0.6) is 0 Å². The van der Waals surface area contributed by atoms with Gasteiger partial charge in [-0.2, -0.15) is 0 Å². The molecule has 0 aromatic carbocycles. The molecule has 2 nitrogen and oxygen atoms in total. The third-order valence-corrected chi connectivity index (χ3v) is 1.79. The van der Waals surface area contributed by atoms with Gasteiger partial charge in [0.1, 0.15) is 13.6 Å². The van der Waals surface area contributed by atoms with Gasteiger partial charge in [-0.15, -0.1) is 0 Å². The van der Waals surface area contributed by atoms with E-state index in [0.29, 0.717) is 5.47 Å². The van der Waals surface area contributed by atoms with Gasteiger partial charge in [0.25, 0.3) is 0 Å². The first kappa shape index (κ1) is 10.4. The van der Waals surface area contributed by atoms with Crippen molar-refractivity contribution >= 4 is 13.6 Å². The van der Waals surface area contributed by atoms with E-state index in [1.54, 1.807) is 19.9 Å². The molecule has 0 aliphatic rings. The summed E-state index contributed by atoms with van der Waals surface area (Å²) in [5.41, 5.74) is 0.354. The Hall–Kier alpha value is -0.565. The van der Waals surface area contributed by atoms with Crippen LogP contribution in [0.25, 0.3) is 0 Å². The van der Waals surface area contributed by atoms with E-state index in [9.17, 15) is 9.90 Å².